The number of hydrogen-bond donors (Lipinski definition) is 1. The van der Waals surface area contributed by atoms with Crippen LogP contribution in [-0.4, -0.2) is 5.91 Å². The standard InChI is InChI=1S/C25H23F3N2O/c1-2-3-6-17-9-15-20(16-10-17)30-23(18-11-13-19(14-12-18)25(26,27)28)29-22-8-5-4-7-21(22)24(30)31/h4-5,7-16,23,29H,2-3,6H2,1H3/t23-/m0/s1. The molecule has 0 radical (unpaired) electrons. The second kappa shape index (κ2) is 8.46. The number of hydrogen-bond acceptors (Lipinski definition) is 2. The predicted molar refractivity (Wildman–Crippen MR) is 116 cm³/mol. The van der Waals surface area contributed by atoms with Crippen LogP contribution in [0.1, 0.15) is 53.0 Å². The highest BCUT2D eigenvalue weighted by Crippen LogP contribution is 2.38. The number of rotatable bonds is 5. The molecule has 0 aromatic heterocycles. The van der Waals surface area contributed by atoms with E-state index in [1.165, 1.54) is 17.7 Å². The topological polar surface area (TPSA) is 32.3 Å². The van der Waals surface area contributed by atoms with Gasteiger partial charge in [0.05, 0.1) is 11.1 Å². The summed E-state index contributed by atoms with van der Waals surface area (Å²) in [6.45, 7) is 2.14. The zero-order chi connectivity index (χ0) is 22.0. The Morgan fingerprint density at radius 3 is 2.26 bits per heavy atom. The molecule has 1 amide bonds. The minimum Gasteiger partial charge on any atom is -0.360 e. The second-order valence-electron chi connectivity index (χ2n) is 7.66. The maximum atomic E-state index is 13.4. The van der Waals surface area contributed by atoms with Crippen LogP contribution in [0.2, 0.25) is 0 Å². The van der Waals surface area contributed by atoms with Crippen molar-refractivity contribution in [1.82, 2.24) is 0 Å². The first-order valence-corrected chi connectivity index (χ1v) is 10.3. The van der Waals surface area contributed by atoms with Gasteiger partial charge in [0.15, 0.2) is 0 Å². The van der Waals surface area contributed by atoms with Crippen LogP contribution in [0.5, 0.6) is 0 Å². The number of amides is 1. The molecule has 6 heteroatoms. The third-order valence-corrected chi connectivity index (χ3v) is 5.51. The maximum absolute atomic E-state index is 13.4. The molecule has 1 heterocycles. The molecule has 0 unspecified atom stereocenters. The van der Waals surface area contributed by atoms with E-state index in [-0.39, 0.29) is 5.91 Å². The molecule has 0 fully saturated rings. The van der Waals surface area contributed by atoms with Crippen molar-refractivity contribution in [2.75, 3.05) is 10.2 Å². The van der Waals surface area contributed by atoms with Gasteiger partial charge in [-0.3, -0.25) is 9.69 Å². The Hall–Kier alpha value is -3.28. The first-order valence-electron chi connectivity index (χ1n) is 10.3. The lowest BCUT2D eigenvalue weighted by molar-refractivity contribution is -0.137. The second-order valence-corrected chi connectivity index (χ2v) is 7.66. The SMILES string of the molecule is CCCCc1ccc(N2C(=O)c3ccccc3N[C@@H]2c2ccc(C(F)(F)F)cc2)cc1. The number of nitrogens with zero attached hydrogens (tertiary/aromatic N) is 1. The molecule has 1 N–H and O–H groups in total. The van der Waals surface area contributed by atoms with Gasteiger partial charge in [-0.25, -0.2) is 0 Å². The van der Waals surface area contributed by atoms with Crippen LogP contribution >= 0.6 is 0 Å². The van der Waals surface area contributed by atoms with Crippen LogP contribution in [0.25, 0.3) is 0 Å². The highest BCUT2D eigenvalue weighted by molar-refractivity contribution is 6.12. The lowest BCUT2D eigenvalue weighted by atomic mass is 10.0. The molecule has 0 spiro atoms. The smallest absolute Gasteiger partial charge is 0.360 e. The highest BCUT2D eigenvalue weighted by atomic mass is 19.4. The summed E-state index contributed by atoms with van der Waals surface area (Å²) in [5.41, 5.74) is 2.93. The van der Waals surface area contributed by atoms with E-state index in [9.17, 15) is 18.0 Å². The van der Waals surface area contributed by atoms with Crippen molar-refractivity contribution in [1.29, 1.82) is 0 Å². The Labute approximate surface area is 179 Å². The van der Waals surface area contributed by atoms with Crippen molar-refractivity contribution in [3.63, 3.8) is 0 Å². The Kier molecular flexibility index (Phi) is 5.72. The number of aryl methyl sites for hydroxylation is 1. The number of alkyl halides is 3. The molecule has 3 aromatic rings. The predicted octanol–water partition coefficient (Wildman–Crippen LogP) is 6.82. The van der Waals surface area contributed by atoms with E-state index in [1.54, 1.807) is 23.1 Å². The van der Waals surface area contributed by atoms with Gasteiger partial charge >= 0.3 is 6.18 Å². The summed E-state index contributed by atoms with van der Waals surface area (Å²) >= 11 is 0. The number of para-hydroxylation sites is 1. The first-order chi connectivity index (χ1) is 14.9. The van der Waals surface area contributed by atoms with E-state index in [1.807, 2.05) is 30.3 Å². The van der Waals surface area contributed by atoms with Crippen molar-refractivity contribution in [3.05, 3.63) is 95.1 Å². The number of nitrogens with one attached hydrogen (secondary N) is 1. The summed E-state index contributed by atoms with van der Waals surface area (Å²) in [6.07, 6.45) is -1.87. The zero-order valence-electron chi connectivity index (χ0n) is 17.1. The van der Waals surface area contributed by atoms with Gasteiger partial charge in [0.1, 0.15) is 6.17 Å². The fourth-order valence-electron chi connectivity index (χ4n) is 3.81. The van der Waals surface area contributed by atoms with Crippen molar-refractivity contribution in [2.24, 2.45) is 0 Å². The highest BCUT2D eigenvalue weighted by Gasteiger charge is 2.35. The number of carbonyl (C=O) groups is 1. The molecule has 1 aliphatic rings. The molecular weight excluding hydrogens is 401 g/mol. The average Bonchev–Trinajstić information content (AvgIpc) is 2.78. The lowest BCUT2D eigenvalue weighted by Gasteiger charge is -2.38. The number of halogens is 3. The average molecular weight is 424 g/mol. The molecule has 0 saturated carbocycles. The molecule has 3 nitrogen and oxygen atoms in total. The van der Waals surface area contributed by atoms with Gasteiger partial charge in [0, 0.05) is 11.4 Å². The molecule has 0 aliphatic carbocycles. The van der Waals surface area contributed by atoms with E-state index in [2.05, 4.69) is 12.2 Å². The van der Waals surface area contributed by atoms with Gasteiger partial charge in [0.2, 0.25) is 0 Å². The van der Waals surface area contributed by atoms with Crippen LogP contribution in [0.4, 0.5) is 24.5 Å². The van der Waals surface area contributed by atoms with Gasteiger partial charge in [0.25, 0.3) is 5.91 Å². The molecule has 3 aromatic carbocycles. The third kappa shape index (κ3) is 4.29. The summed E-state index contributed by atoms with van der Waals surface area (Å²) in [7, 11) is 0. The minimum atomic E-state index is -4.41. The minimum absolute atomic E-state index is 0.194. The summed E-state index contributed by atoms with van der Waals surface area (Å²) in [5, 5.41) is 3.32. The molecule has 4 rings (SSSR count). The summed E-state index contributed by atoms with van der Waals surface area (Å²) in [5.74, 6) is -0.194. The number of carbonyl (C=O) groups excluding carboxylic acids is 1. The molecule has 31 heavy (non-hydrogen) atoms. The van der Waals surface area contributed by atoms with Crippen LogP contribution in [-0.2, 0) is 12.6 Å². The first kappa shape index (κ1) is 21.0. The van der Waals surface area contributed by atoms with Crippen LogP contribution in [0, 0.1) is 0 Å². The van der Waals surface area contributed by atoms with Crippen LogP contribution in [0.3, 0.4) is 0 Å². The Morgan fingerprint density at radius 2 is 1.61 bits per heavy atom. The molecule has 0 bridgehead atoms. The zero-order valence-corrected chi connectivity index (χ0v) is 17.1. The molecule has 1 atom stereocenters. The molecule has 160 valence electrons. The maximum Gasteiger partial charge on any atom is 0.416 e. The van der Waals surface area contributed by atoms with Gasteiger partial charge in [-0.1, -0.05) is 49.7 Å². The van der Waals surface area contributed by atoms with E-state index < -0.39 is 17.9 Å². The van der Waals surface area contributed by atoms with Gasteiger partial charge in [-0.2, -0.15) is 13.2 Å². The molecular formula is C25H23F3N2O. The lowest BCUT2D eigenvalue weighted by Crippen LogP contribution is -2.43. The summed E-state index contributed by atoms with van der Waals surface area (Å²) in [6, 6.07) is 19.9. The van der Waals surface area contributed by atoms with Crippen LogP contribution < -0.4 is 10.2 Å². The number of benzene rings is 3. The largest absolute Gasteiger partial charge is 0.416 e. The monoisotopic (exact) mass is 424 g/mol. The Balaban J connectivity index is 1.73. The van der Waals surface area contributed by atoms with E-state index >= 15 is 0 Å². The number of anilines is 2. The van der Waals surface area contributed by atoms with Crippen molar-refractivity contribution in [3.8, 4) is 0 Å². The summed E-state index contributed by atoms with van der Waals surface area (Å²) < 4.78 is 39.0. The third-order valence-electron chi connectivity index (χ3n) is 5.51. The van der Waals surface area contributed by atoms with Crippen molar-refractivity contribution < 1.29 is 18.0 Å². The van der Waals surface area contributed by atoms with Crippen LogP contribution in [0.15, 0.2) is 72.8 Å². The van der Waals surface area contributed by atoms with E-state index in [0.29, 0.717) is 22.5 Å². The van der Waals surface area contributed by atoms with Crippen molar-refractivity contribution in [2.45, 2.75) is 38.5 Å². The van der Waals surface area contributed by atoms with Gasteiger partial charge in [-0.15, -0.1) is 0 Å². The quantitative estimate of drug-likeness (QED) is 0.487. The Morgan fingerprint density at radius 1 is 0.935 bits per heavy atom. The van der Waals surface area contributed by atoms with E-state index in [0.717, 1.165) is 31.4 Å². The Bertz CT molecular complexity index is 1060. The summed E-state index contributed by atoms with van der Waals surface area (Å²) in [4.78, 5) is 15.0. The fraction of sp³-hybridized carbons (Fsp3) is 0.240. The molecule has 1 aliphatic heterocycles. The normalized spacial score (nSPS) is 16.1. The number of fused-ring (bicyclic) bond motifs is 1. The van der Waals surface area contributed by atoms with E-state index in [4.69, 9.17) is 0 Å². The van der Waals surface area contributed by atoms with Gasteiger partial charge < -0.3 is 5.32 Å². The van der Waals surface area contributed by atoms with Gasteiger partial charge in [-0.05, 0) is 60.4 Å². The fourth-order valence-corrected chi connectivity index (χ4v) is 3.81. The molecule has 0 saturated heterocycles. The van der Waals surface area contributed by atoms with Crippen molar-refractivity contribution >= 4 is 17.3 Å². The number of unbranched alkanes of at least 4 members (excludes halogenated alkanes) is 1.